The summed E-state index contributed by atoms with van der Waals surface area (Å²) in [6.45, 7) is 0. The molecule has 1 aliphatic rings. The van der Waals surface area contributed by atoms with E-state index >= 15 is 0 Å². The summed E-state index contributed by atoms with van der Waals surface area (Å²) < 4.78 is 0. The van der Waals surface area contributed by atoms with Crippen molar-refractivity contribution in [3.8, 4) is 95.3 Å². The predicted octanol–water partition coefficient (Wildman–Crippen LogP) is 19.9. The van der Waals surface area contributed by atoms with Gasteiger partial charge in [0.25, 0.3) is 0 Å². The number of hydrogen-bond acceptors (Lipinski definition) is 4. The van der Waals surface area contributed by atoms with E-state index in [0.717, 1.165) is 0 Å². The fraction of sp³-hybridized carbons (Fsp3) is 0.0645. The Morgan fingerprint density at radius 2 is 0.636 bits per heavy atom. The predicted molar refractivity (Wildman–Crippen MR) is 290 cm³/mol. The molecule has 1 aliphatic carbocycles. The lowest BCUT2D eigenvalue weighted by molar-refractivity contribution is 0.662. The van der Waals surface area contributed by atoms with Crippen molar-refractivity contribution in [3.05, 3.63) is 229 Å². The van der Waals surface area contributed by atoms with Crippen molar-refractivity contribution in [2.24, 2.45) is 0 Å². The lowest BCUT2D eigenvalue weighted by Crippen LogP contribution is -1.97. The highest BCUT2D eigenvalue weighted by atomic mass is 32.1. The first kappa shape index (κ1) is 40.8. The molecule has 0 amide bonds. The van der Waals surface area contributed by atoms with Crippen LogP contribution in [0.3, 0.4) is 0 Å². The van der Waals surface area contributed by atoms with Crippen LogP contribution in [0.1, 0.15) is 30.1 Å². The summed E-state index contributed by atoms with van der Waals surface area (Å²) in [5, 5.41) is 2.49. The highest BCUT2D eigenvalue weighted by Gasteiger charge is 2.24. The van der Waals surface area contributed by atoms with Crippen LogP contribution in [0.25, 0.3) is 106 Å². The van der Waals surface area contributed by atoms with Crippen LogP contribution in [0.2, 0.25) is 0 Å². The minimum Gasteiger partial charge on any atom is -0.139 e. The lowest BCUT2D eigenvalue weighted by atomic mass is 9.79. The Bertz CT molecular complexity index is 3470. The molecule has 0 aliphatic heterocycles. The molecule has 0 bridgehead atoms. The van der Waals surface area contributed by atoms with Crippen LogP contribution in [-0.2, 0) is 0 Å². The Labute approximate surface area is 403 Å². The van der Waals surface area contributed by atoms with Gasteiger partial charge in [-0.3, -0.25) is 0 Å². The summed E-state index contributed by atoms with van der Waals surface area (Å²) >= 11 is 7.58. The van der Waals surface area contributed by atoms with Crippen molar-refractivity contribution in [1.82, 2.24) is 0 Å². The number of fused-ring (bicyclic) bond motifs is 1. The third-order valence-electron chi connectivity index (χ3n) is 12.9. The van der Waals surface area contributed by atoms with E-state index in [4.69, 9.17) is 0 Å². The molecule has 0 saturated heterocycles. The SMILES string of the molecule is C1=CC(c2ccc(-c3ccc(-c4ccc(-c5c(-c6ccccc6)c(-c6ccccc6)c(-c6ccc(-c7ccc(-c8ccc(-c9ccccc9)s8)s7)cc6)c6ccccc56)cc4)s3)s2)CCC1. The Morgan fingerprint density at radius 1 is 0.288 bits per heavy atom. The molecule has 4 aromatic heterocycles. The summed E-state index contributed by atoms with van der Waals surface area (Å²) in [5.41, 5.74) is 13.6. The normalized spacial score (nSPS) is 13.7. The first-order valence-electron chi connectivity index (χ1n) is 22.7. The molecular formula is C62H44S4. The first-order chi connectivity index (χ1) is 32.7. The minimum atomic E-state index is 0.565. The lowest BCUT2D eigenvalue weighted by Gasteiger charge is -2.24. The zero-order valence-electron chi connectivity index (χ0n) is 36.2. The molecule has 0 fully saturated rings. The van der Waals surface area contributed by atoms with E-state index in [0.29, 0.717) is 5.92 Å². The van der Waals surface area contributed by atoms with Crippen LogP contribution in [0, 0.1) is 0 Å². The molecule has 1 atom stereocenters. The Balaban J connectivity index is 0.944. The average molecular weight is 917 g/mol. The van der Waals surface area contributed by atoms with Gasteiger partial charge in [-0.1, -0.05) is 176 Å². The van der Waals surface area contributed by atoms with Crippen LogP contribution in [0.4, 0.5) is 0 Å². The maximum absolute atomic E-state index is 2.41. The Hall–Kier alpha value is -6.66. The van der Waals surface area contributed by atoms with Crippen molar-refractivity contribution in [3.63, 3.8) is 0 Å². The van der Waals surface area contributed by atoms with E-state index in [1.165, 1.54) is 130 Å². The van der Waals surface area contributed by atoms with E-state index < -0.39 is 0 Å². The van der Waals surface area contributed by atoms with Gasteiger partial charge < -0.3 is 0 Å². The number of hydrogen-bond donors (Lipinski definition) is 0. The summed E-state index contributed by atoms with van der Waals surface area (Å²) in [6.07, 6.45) is 8.53. The van der Waals surface area contributed by atoms with Gasteiger partial charge in [-0.05, 0) is 140 Å². The summed E-state index contributed by atoms with van der Waals surface area (Å²) in [6, 6.07) is 78.8. The molecule has 12 rings (SSSR count). The molecule has 0 N–H and O–H groups in total. The molecular weight excluding hydrogens is 873 g/mol. The summed E-state index contributed by atoms with van der Waals surface area (Å²) in [7, 11) is 0. The van der Waals surface area contributed by atoms with E-state index in [2.05, 4.69) is 224 Å². The standard InChI is InChI=1S/C62H44S4/c1-5-15-41(16-6-1)51-33-37-55(63-51)57-39-35-53(65-57)43-25-29-47(30-26-43)59-49-23-13-14-24-50(49)60(62(46-21-11-4-12-22-46)61(59)45-19-9-3-10-20-45)48-31-27-44(28-32-48)54-36-40-58(66-54)56-38-34-52(64-56)42-17-7-2-8-18-42/h1,3-7,9-17,19-40,42H,2,8,18H2. The minimum absolute atomic E-state index is 0.565. The molecule has 0 nitrogen and oxygen atoms in total. The molecule has 0 spiro atoms. The fourth-order valence-corrected chi connectivity index (χ4v) is 14.0. The van der Waals surface area contributed by atoms with Crippen molar-refractivity contribution < 1.29 is 0 Å². The van der Waals surface area contributed by atoms with E-state index in [9.17, 15) is 0 Å². The molecule has 0 saturated carbocycles. The van der Waals surface area contributed by atoms with Gasteiger partial charge in [-0.2, -0.15) is 0 Å². The zero-order valence-corrected chi connectivity index (χ0v) is 39.5. The molecule has 4 heterocycles. The third-order valence-corrected chi connectivity index (χ3v) is 17.9. The summed E-state index contributed by atoms with van der Waals surface area (Å²) in [4.78, 5) is 10.7. The Morgan fingerprint density at radius 3 is 1.08 bits per heavy atom. The largest absolute Gasteiger partial charge is 0.139 e. The van der Waals surface area contributed by atoms with E-state index in [-0.39, 0.29) is 0 Å². The van der Waals surface area contributed by atoms with Crippen molar-refractivity contribution in [2.75, 3.05) is 0 Å². The fourth-order valence-electron chi connectivity index (χ4n) is 9.64. The zero-order chi connectivity index (χ0) is 43.8. The van der Waals surface area contributed by atoms with Crippen molar-refractivity contribution in [1.29, 1.82) is 0 Å². The number of thiophene rings is 4. The summed E-state index contributed by atoms with van der Waals surface area (Å²) in [5.74, 6) is 0.565. The quantitative estimate of drug-likeness (QED) is 0.120. The van der Waals surface area contributed by atoms with Crippen LogP contribution in [0.15, 0.2) is 224 Å². The molecule has 316 valence electrons. The van der Waals surface area contributed by atoms with E-state index in [1.807, 2.05) is 45.3 Å². The van der Waals surface area contributed by atoms with Crippen molar-refractivity contribution >= 4 is 56.1 Å². The monoisotopic (exact) mass is 916 g/mol. The van der Waals surface area contributed by atoms with Gasteiger partial charge in [0.05, 0.1) is 0 Å². The number of allylic oxidation sites excluding steroid dienone is 2. The third kappa shape index (κ3) is 7.84. The average Bonchev–Trinajstić information content (AvgIpc) is 4.25. The second kappa shape index (κ2) is 18.0. The highest BCUT2D eigenvalue weighted by molar-refractivity contribution is 7.25. The van der Waals surface area contributed by atoms with Gasteiger partial charge in [0, 0.05) is 44.9 Å². The van der Waals surface area contributed by atoms with Crippen molar-refractivity contribution in [2.45, 2.75) is 25.2 Å². The molecule has 0 radical (unpaired) electrons. The Kier molecular flexibility index (Phi) is 11.1. The van der Waals surface area contributed by atoms with Gasteiger partial charge in [0.1, 0.15) is 0 Å². The molecule has 4 heteroatoms. The highest BCUT2D eigenvalue weighted by Crippen LogP contribution is 2.52. The smallest absolute Gasteiger partial charge is 0.0449 e. The molecule has 1 unspecified atom stereocenters. The van der Waals surface area contributed by atoms with Crippen LogP contribution in [0.5, 0.6) is 0 Å². The van der Waals surface area contributed by atoms with Crippen LogP contribution >= 0.6 is 45.3 Å². The van der Waals surface area contributed by atoms with Gasteiger partial charge in [0.15, 0.2) is 0 Å². The molecule has 66 heavy (non-hydrogen) atoms. The van der Waals surface area contributed by atoms with Crippen LogP contribution < -0.4 is 0 Å². The second-order valence-corrected chi connectivity index (χ2v) is 21.3. The van der Waals surface area contributed by atoms with Gasteiger partial charge in [0.2, 0.25) is 0 Å². The maximum atomic E-state index is 2.41. The molecule has 7 aromatic carbocycles. The van der Waals surface area contributed by atoms with E-state index in [1.54, 1.807) is 0 Å². The number of benzene rings is 7. The second-order valence-electron chi connectivity index (χ2n) is 17.0. The van der Waals surface area contributed by atoms with Gasteiger partial charge in [-0.25, -0.2) is 0 Å². The molecule has 11 aromatic rings. The van der Waals surface area contributed by atoms with Gasteiger partial charge >= 0.3 is 0 Å². The van der Waals surface area contributed by atoms with Gasteiger partial charge in [-0.15, -0.1) is 45.3 Å². The first-order valence-corrected chi connectivity index (χ1v) is 26.0. The topological polar surface area (TPSA) is 0 Å². The maximum Gasteiger partial charge on any atom is 0.0449 e. The number of rotatable bonds is 10. The van der Waals surface area contributed by atoms with Crippen LogP contribution in [-0.4, -0.2) is 0 Å².